The third kappa shape index (κ3) is 3.87. The number of nitrogens with zero attached hydrogens (tertiary/aromatic N) is 6. The molecule has 1 aliphatic rings. The maximum absolute atomic E-state index is 12.8. The number of hydrogen-bond donors (Lipinski definition) is 0. The van der Waals surface area contributed by atoms with E-state index in [1.54, 1.807) is 10.9 Å². The fourth-order valence-electron chi connectivity index (χ4n) is 3.11. The highest BCUT2D eigenvalue weighted by Gasteiger charge is 2.28. The molecule has 1 fully saturated rings. The molecule has 2 aromatic heterocycles. The molecular weight excluding hydrogens is 372 g/mol. The standard InChI is InChI=1S/C16H23BrN6O/c1-3-15(23-12-14(17)9-19-23)16(24)22-6-4-21(5-7-22)11-13-8-18-20(2)10-13/h8-10,12,15H,3-7,11H2,1-2H3. The highest BCUT2D eigenvalue weighted by Crippen LogP contribution is 2.19. The van der Waals surface area contributed by atoms with Gasteiger partial charge in [0, 0.05) is 57.7 Å². The molecule has 0 radical (unpaired) electrons. The molecule has 1 unspecified atom stereocenters. The quantitative estimate of drug-likeness (QED) is 0.773. The van der Waals surface area contributed by atoms with E-state index in [2.05, 4.69) is 31.0 Å². The van der Waals surface area contributed by atoms with Crippen molar-refractivity contribution < 1.29 is 4.79 Å². The Bertz CT molecular complexity index is 688. The van der Waals surface area contributed by atoms with Gasteiger partial charge in [0.1, 0.15) is 6.04 Å². The first-order valence-corrected chi connectivity index (χ1v) is 9.04. The first kappa shape index (κ1) is 17.2. The van der Waals surface area contributed by atoms with Crippen LogP contribution in [0.3, 0.4) is 0 Å². The normalized spacial score (nSPS) is 17.2. The molecule has 3 rings (SSSR count). The minimum Gasteiger partial charge on any atom is -0.338 e. The Balaban J connectivity index is 1.56. The van der Waals surface area contributed by atoms with Crippen molar-refractivity contribution in [2.24, 2.45) is 7.05 Å². The van der Waals surface area contributed by atoms with Crippen molar-refractivity contribution in [2.75, 3.05) is 26.2 Å². The molecule has 3 heterocycles. The molecule has 8 heteroatoms. The number of amides is 1. The number of aromatic nitrogens is 4. The van der Waals surface area contributed by atoms with E-state index >= 15 is 0 Å². The Morgan fingerprint density at radius 1 is 1.21 bits per heavy atom. The van der Waals surface area contributed by atoms with Gasteiger partial charge in [0.2, 0.25) is 5.91 Å². The van der Waals surface area contributed by atoms with E-state index in [4.69, 9.17) is 0 Å². The first-order valence-electron chi connectivity index (χ1n) is 8.25. The van der Waals surface area contributed by atoms with Crippen molar-refractivity contribution in [3.05, 3.63) is 34.8 Å². The van der Waals surface area contributed by atoms with Gasteiger partial charge in [-0.05, 0) is 22.4 Å². The Morgan fingerprint density at radius 2 is 1.96 bits per heavy atom. The fourth-order valence-corrected chi connectivity index (χ4v) is 3.41. The van der Waals surface area contributed by atoms with Crippen LogP contribution in [0.1, 0.15) is 24.9 Å². The first-order chi connectivity index (χ1) is 11.6. The maximum Gasteiger partial charge on any atom is 0.247 e. The summed E-state index contributed by atoms with van der Waals surface area (Å²) < 4.78 is 4.48. The number of halogens is 1. The van der Waals surface area contributed by atoms with Gasteiger partial charge >= 0.3 is 0 Å². The highest BCUT2D eigenvalue weighted by atomic mass is 79.9. The number of hydrogen-bond acceptors (Lipinski definition) is 4. The Morgan fingerprint density at radius 3 is 2.50 bits per heavy atom. The molecule has 130 valence electrons. The van der Waals surface area contributed by atoms with Gasteiger partial charge < -0.3 is 4.90 Å². The summed E-state index contributed by atoms with van der Waals surface area (Å²) in [4.78, 5) is 17.2. The van der Waals surface area contributed by atoms with Crippen LogP contribution in [0, 0.1) is 0 Å². The summed E-state index contributed by atoms with van der Waals surface area (Å²) in [5.41, 5.74) is 1.21. The molecule has 7 nitrogen and oxygen atoms in total. The molecular formula is C16H23BrN6O. The van der Waals surface area contributed by atoms with Crippen molar-refractivity contribution >= 4 is 21.8 Å². The monoisotopic (exact) mass is 394 g/mol. The molecule has 24 heavy (non-hydrogen) atoms. The van der Waals surface area contributed by atoms with Gasteiger partial charge in [-0.1, -0.05) is 6.92 Å². The van der Waals surface area contributed by atoms with E-state index in [0.717, 1.165) is 43.6 Å². The molecule has 1 saturated heterocycles. The van der Waals surface area contributed by atoms with Gasteiger partial charge in [-0.15, -0.1) is 0 Å². The number of rotatable bonds is 5. The fraction of sp³-hybridized carbons (Fsp3) is 0.562. The van der Waals surface area contributed by atoms with Crippen LogP contribution in [0.5, 0.6) is 0 Å². The van der Waals surface area contributed by atoms with Crippen LogP contribution in [0.2, 0.25) is 0 Å². The third-order valence-corrected chi connectivity index (χ3v) is 4.82. The SMILES string of the molecule is CCC(C(=O)N1CCN(Cc2cnn(C)c2)CC1)n1cc(Br)cn1. The zero-order chi connectivity index (χ0) is 17.1. The van der Waals surface area contributed by atoms with Gasteiger partial charge in [0.05, 0.1) is 16.9 Å². The van der Waals surface area contributed by atoms with Crippen LogP contribution < -0.4 is 0 Å². The number of aryl methyl sites for hydroxylation is 1. The zero-order valence-electron chi connectivity index (χ0n) is 14.1. The summed E-state index contributed by atoms with van der Waals surface area (Å²) in [6.07, 6.45) is 8.27. The average Bonchev–Trinajstić information content (AvgIpc) is 3.17. The summed E-state index contributed by atoms with van der Waals surface area (Å²) in [6.45, 7) is 6.21. The second kappa shape index (κ2) is 7.48. The molecule has 0 saturated carbocycles. The van der Waals surface area contributed by atoms with Gasteiger partial charge in [-0.25, -0.2) is 0 Å². The molecule has 2 aromatic rings. The molecule has 1 atom stereocenters. The van der Waals surface area contributed by atoms with Gasteiger partial charge in [0.25, 0.3) is 0 Å². The lowest BCUT2D eigenvalue weighted by molar-refractivity contribution is -0.137. The maximum atomic E-state index is 12.8. The summed E-state index contributed by atoms with van der Waals surface area (Å²) in [5, 5.41) is 8.49. The van der Waals surface area contributed by atoms with Gasteiger partial charge in [0.15, 0.2) is 0 Å². The summed E-state index contributed by atoms with van der Waals surface area (Å²) in [5.74, 6) is 0.161. The van der Waals surface area contributed by atoms with E-state index in [-0.39, 0.29) is 11.9 Å². The largest absolute Gasteiger partial charge is 0.338 e. The molecule has 0 N–H and O–H groups in total. The summed E-state index contributed by atoms with van der Waals surface area (Å²) in [7, 11) is 1.93. The Hall–Kier alpha value is -1.67. The van der Waals surface area contributed by atoms with Crippen molar-refractivity contribution in [1.29, 1.82) is 0 Å². The molecule has 0 bridgehead atoms. The second-order valence-corrected chi connectivity index (χ2v) is 7.10. The molecule has 0 spiro atoms. The Labute approximate surface area is 150 Å². The van der Waals surface area contributed by atoms with E-state index in [0.29, 0.717) is 0 Å². The van der Waals surface area contributed by atoms with Crippen LogP contribution in [0.15, 0.2) is 29.3 Å². The van der Waals surface area contributed by atoms with E-state index < -0.39 is 0 Å². The lowest BCUT2D eigenvalue weighted by atomic mass is 10.1. The van der Waals surface area contributed by atoms with Crippen LogP contribution in [0.25, 0.3) is 0 Å². The van der Waals surface area contributed by atoms with Gasteiger partial charge in [-0.2, -0.15) is 10.2 Å². The van der Waals surface area contributed by atoms with E-state index in [1.807, 2.05) is 42.1 Å². The minimum absolute atomic E-state index is 0.161. The predicted molar refractivity (Wildman–Crippen MR) is 94.3 cm³/mol. The molecule has 1 aliphatic heterocycles. The average molecular weight is 395 g/mol. The topological polar surface area (TPSA) is 59.2 Å². The smallest absolute Gasteiger partial charge is 0.247 e. The van der Waals surface area contributed by atoms with Crippen molar-refractivity contribution in [3.8, 4) is 0 Å². The van der Waals surface area contributed by atoms with Gasteiger partial charge in [-0.3, -0.25) is 19.1 Å². The predicted octanol–water partition coefficient (Wildman–Crippen LogP) is 1.67. The zero-order valence-corrected chi connectivity index (χ0v) is 15.7. The van der Waals surface area contributed by atoms with E-state index in [1.165, 1.54) is 5.56 Å². The Kier molecular flexibility index (Phi) is 5.35. The van der Waals surface area contributed by atoms with Crippen molar-refractivity contribution in [2.45, 2.75) is 25.9 Å². The number of carbonyl (C=O) groups is 1. The van der Waals surface area contributed by atoms with Crippen molar-refractivity contribution in [1.82, 2.24) is 29.4 Å². The van der Waals surface area contributed by atoms with Crippen molar-refractivity contribution in [3.63, 3.8) is 0 Å². The lowest BCUT2D eigenvalue weighted by Gasteiger charge is -2.36. The highest BCUT2D eigenvalue weighted by molar-refractivity contribution is 9.10. The number of carbonyl (C=O) groups excluding carboxylic acids is 1. The van der Waals surface area contributed by atoms with E-state index in [9.17, 15) is 4.79 Å². The minimum atomic E-state index is -0.221. The molecule has 0 aliphatic carbocycles. The summed E-state index contributed by atoms with van der Waals surface area (Å²) >= 11 is 3.39. The lowest BCUT2D eigenvalue weighted by Crippen LogP contribution is -2.50. The number of piperazine rings is 1. The van der Waals surface area contributed by atoms with Crippen LogP contribution >= 0.6 is 15.9 Å². The van der Waals surface area contributed by atoms with Crippen LogP contribution in [-0.4, -0.2) is 61.4 Å². The summed E-state index contributed by atoms with van der Waals surface area (Å²) in [6, 6.07) is -0.221. The second-order valence-electron chi connectivity index (χ2n) is 6.19. The molecule has 1 amide bonds. The molecule has 0 aromatic carbocycles. The van der Waals surface area contributed by atoms with Crippen LogP contribution in [0.4, 0.5) is 0 Å². The third-order valence-electron chi connectivity index (χ3n) is 4.41. The van der Waals surface area contributed by atoms with Crippen LogP contribution in [-0.2, 0) is 18.4 Å².